The van der Waals surface area contributed by atoms with Gasteiger partial charge in [0, 0.05) is 13.5 Å². The van der Waals surface area contributed by atoms with E-state index in [1.807, 2.05) is 41.9 Å². The number of nitrogens with two attached hydrogens (primary N) is 1. The summed E-state index contributed by atoms with van der Waals surface area (Å²) < 4.78 is 1.89. The Labute approximate surface area is 165 Å². The van der Waals surface area contributed by atoms with Crippen LogP contribution in [0.4, 0.5) is 5.00 Å². The van der Waals surface area contributed by atoms with Crippen LogP contribution in [0, 0.1) is 0 Å². The van der Waals surface area contributed by atoms with Gasteiger partial charge < -0.3 is 15.6 Å². The van der Waals surface area contributed by atoms with Crippen molar-refractivity contribution in [2.24, 2.45) is 12.8 Å². The molecule has 140 valence electrons. The van der Waals surface area contributed by atoms with Crippen LogP contribution < -0.4 is 11.1 Å². The highest BCUT2D eigenvalue weighted by molar-refractivity contribution is 8.00. The third kappa shape index (κ3) is 4.55. The third-order valence-electron chi connectivity index (χ3n) is 3.95. The van der Waals surface area contributed by atoms with E-state index < -0.39 is 11.2 Å². The van der Waals surface area contributed by atoms with Crippen LogP contribution in [0.15, 0.2) is 46.9 Å². The van der Waals surface area contributed by atoms with Crippen LogP contribution in [-0.2, 0) is 18.3 Å². The van der Waals surface area contributed by atoms with Gasteiger partial charge >= 0.3 is 0 Å². The van der Waals surface area contributed by atoms with Gasteiger partial charge in [-0.05, 0) is 23.9 Å². The molecule has 2 aromatic heterocycles. The number of hydrogen-bond donors (Lipinski definition) is 2. The van der Waals surface area contributed by atoms with Crippen molar-refractivity contribution < 1.29 is 9.59 Å². The fraction of sp³-hybridized carbons (Fsp3) is 0.222. The number of rotatable bonds is 7. The smallest absolute Gasteiger partial charge is 0.251 e. The standard InChI is InChI=1S/C18H19N5O2S2/c1-11(16(25)20-17-13(15(19)24)8-9-26-17)27-18-22-21-14(23(18)2)10-12-6-4-3-5-7-12/h3-9,11H,10H2,1-2H3,(H2,19,24)(H,20,25)/t11-/m0/s1. The highest BCUT2D eigenvalue weighted by Crippen LogP contribution is 2.26. The molecule has 0 aliphatic heterocycles. The van der Waals surface area contributed by atoms with E-state index in [1.54, 1.807) is 18.4 Å². The van der Waals surface area contributed by atoms with Crippen molar-refractivity contribution in [3.05, 3.63) is 58.7 Å². The molecule has 9 heteroatoms. The van der Waals surface area contributed by atoms with Gasteiger partial charge in [0.2, 0.25) is 5.91 Å². The molecule has 0 bridgehead atoms. The maximum Gasteiger partial charge on any atom is 0.251 e. The number of hydrogen-bond acceptors (Lipinski definition) is 6. The molecule has 3 rings (SSSR count). The van der Waals surface area contributed by atoms with Gasteiger partial charge in [-0.25, -0.2) is 0 Å². The molecule has 0 saturated carbocycles. The molecule has 0 aliphatic carbocycles. The summed E-state index contributed by atoms with van der Waals surface area (Å²) in [5.41, 5.74) is 6.77. The SMILES string of the molecule is C[C@H](Sc1nnc(Cc2ccccc2)n1C)C(=O)Nc1sccc1C(N)=O. The summed E-state index contributed by atoms with van der Waals surface area (Å²) in [5, 5.41) is 13.6. The molecular formula is C18H19N5O2S2. The van der Waals surface area contributed by atoms with Crippen LogP contribution in [0.1, 0.15) is 28.7 Å². The molecule has 3 N–H and O–H groups in total. The lowest BCUT2D eigenvalue weighted by Gasteiger charge is -2.11. The van der Waals surface area contributed by atoms with E-state index in [9.17, 15) is 9.59 Å². The van der Waals surface area contributed by atoms with Gasteiger partial charge in [0.1, 0.15) is 10.8 Å². The molecule has 0 aliphatic rings. The number of carbonyl (C=O) groups excluding carboxylic acids is 2. The largest absolute Gasteiger partial charge is 0.366 e. The molecule has 27 heavy (non-hydrogen) atoms. The summed E-state index contributed by atoms with van der Waals surface area (Å²) in [4.78, 5) is 23.8. The van der Waals surface area contributed by atoms with Crippen LogP contribution >= 0.6 is 23.1 Å². The molecule has 2 heterocycles. The Morgan fingerprint density at radius 2 is 2.00 bits per heavy atom. The van der Waals surface area contributed by atoms with Gasteiger partial charge in [0.05, 0.1) is 10.8 Å². The van der Waals surface area contributed by atoms with Crippen LogP contribution in [0.2, 0.25) is 0 Å². The molecule has 1 atom stereocenters. The first-order valence-corrected chi connectivity index (χ1v) is 9.98. The summed E-state index contributed by atoms with van der Waals surface area (Å²) in [6, 6.07) is 11.6. The molecule has 0 unspecified atom stereocenters. The zero-order valence-electron chi connectivity index (χ0n) is 14.9. The second kappa shape index (κ2) is 8.36. The number of primary amides is 1. The van der Waals surface area contributed by atoms with Gasteiger partial charge in [0.15, 0.2) is 5.16 Å². The van der Waals surface area contributed by atoms with E-state index in [4.69, 9.17) is 5.73 Å². The number of carbonyl (C=O) groups is 2. The quantitative estimate of drug-likeness (QED) is 0.593. The van der Waals surface area contributed by atoms with Crippen molar-refractivity contribution in [2.45, 2.75) is 23.8 Å². The predicted molar refractivity (Wildman–Crippen MR) is 107 cm³/mol. The average Bonchev–Trinajstić information content (AvgIpc) is 3.24. The first kappa shape index (κ1) is 19.1. The molecule has 0 saturated heterocycles. The fourth-order valence-electron chi connectivity index (χ4n) is 2.41. The van der Waals surface area contributed by atoms with Crippen molar-refractivity contribution in [3.8, 4) is 0 Å². The topological polar surface area (TPSA) is 103 Å². The number of benzene rings is 1. The van der Waals surface area contributed by atoms with Crippen molar-refractivity contribution in [2.75, 3.05) is 5.32 Å². The van der Waals surface area contributed by atoms with E-state index in [2.05, 4.69) is 15.5 Å². The summed E-state index contributed by atoms with van der Waals surface area (Å²) in [5.74, 6) is 0.0360. The number of aromatic nitrogens is 3. The van der Waals surface area contributed by atoms with Crippen LogP contribution in [0.3, 0.4) is 0 Å². The van der Waals surface area contributed by atoms with E-state index in [-0.39, 0.29) is 5.91 Å². The van der Waals surface area contributed by atoms with Gasteiger partial charge in [-0.2, -0.15) is 0 Å². The number of thiophene rings is 1. The lowest BCUT2D eigenvalue weighted by Crippen LogP contribution is -2.24. The van der Waals surface area contributed by atoms with Crippen LogP contribution in [0.5, 0.6) is 0 Å². The predicted octanol–water partition coefficient (Wildman–Crippen LogP) is 2.69. The Morgan fingerprint density at radius 1 is 1.26 bits per heavy atom. The van der Waals surface area contributed by atoms with Gasteiger partial charge in [-0.15, -0.1) is 21.5 Å². The van der Waals surface area contributed by atoms with E-state index in [0.717, 1.165) is 11.4 Å². The lowest BCUT2D eigenvalue weighted by molar-refractivity contribution is -0.115. The number of thioether (sulfide) groups is 1. The Balaban J connectivity index is 1.65. The Hall–Kier alpha value is -2.65. The summed E-state index contributed by atoms with van der Waals surface area (Å²) in [7, 11) is 1.88. The molecule has 0 fully saturated rings. The number of anilines is 1. The van der Waals surface area contributed by atoms with Crippen LogP contribution in [0.25, 0.3) is 0 Å². The first-order chi connectivity index (χ1) is 13.0. The number of nitrogens with zero attached hydrogens (tertiary/aromatic N) is 3. The van der Waals surface area contributed by atoms with Crippen molar-refractivity contribution >= 4 is 39.9 Å². The second-order valence-corrected chi connectivity index (χ2v) is 8.12. The molecule has 3 aromatic rings. The average molecular weight is 402 g/mol. The molecule has 0 spiro atoms. The molecule has 2 amide bonds. The number of amides is 2. The monoisotopic (exact) mass is 401 g/mol. The number of nitrogens with one attached hydrogen (secondary N) is 1. The maximum absolute atomic E-state index is 12.5. The van der Waals surface area contributed by atoms with Crippen molar-refractivity contribution in [1.82, 2.24) is 14.8 Å². The van der Waals surface area contributed by atoms with Gasteiger partial charge in [-0.1, -0.05) is 42.1 Å². The summed E-state index contributed by atoms with van der Waals surface area (Å²) in [6.07, 6.45) is 0.669. The van der Waals surface area contributed by atoms with Crippen LogP contribution in [-0.4, -0.2) is 31.8 Å². The molecule has 7 nitrogen and oxygen atoms in total. The fourth-order valence-corrected chi connectivity index (χ4v) is 4.03. The zero-order valence-corrected chi connectivity index (χ0v) is 16.5. The highest BCUT2D eigenvalue weighted by atomic mass is 32.2. The van der Waals surface area contributed by atoms with E-state index in [1.165, 1.54) is 23.1 Å². The minimum atomic E-state index is -0.564. The second-order valence-electron chi connectivity index (χ2n) is 5.90. The highest BCUT2D eigenvalue weighted by Gasteiger charge is 2.21. The first-order valence-electron chi connectivity index (χ1n) is 8.22. The Morgan fingerprint density at radius 3 is 2.70 bits per heavy atom. The van der Waals surface area contributed by atoms with Crippen molar-refractivity contribution in [1.29, 1.82) is 0 Å². The maximum atomic E-state index is 12.5. The molecular weight excluding hydrogens is 382 g/mol. The minimum Gasteiger partial charge on any atom is -0.366 e. The summed E-state index contributed by atoms with van der Waals surface area (Å²) in [6.45, 7) is 1.78. The Bertz CT molecular complexity index is 952. The lowest BCUT2D eigenvalue weighted by atomic mass is 10.1. The third-order valence-corrected chi connectivity index (χ3v) is 5.91. The van der Waals surface area contributed by atoms with E-state index in [0.29, 0.717) is 22.1 Å². The summed E-state index contributed by atoms with van der Waals surface area (Å²) >= 11 is 2.57. The zero-order chi connectivity index (χ0) is 19.4. The minimum absolute atomic E-state index is 0.224. The molecule has 0 radical (unpaired) electrons. The molecule has 1 aromatic carbocycles. The Kier molecular flexibility index (Phi) is 5.92. The normalized spacial score (nSPS) is 11.9. The van der Waals surface area contributed by atoms with Gasteiger partial charge in [0.25, 0.3) is 5.91 Å². The van der Waals surface area contributed by atoms with E-state index >= 15 is 0 Å². The van der Waals surface area contributed by atoms with Crippen molar-refractivity contribution in [3.63, 3.8) is 0 Å². The van der Waals surface area contributed by atoms with Gasteiger partial charge in [-0.3, -0.25) is 9.59 Å².